The van der Waals surface area contributed by atoms with Crippen molar-refractivity contribution in [2.45, 2.75) is 51.0 Å². The first-order valence-corrected chi connectivity index (χ1v) is 9.98. The fraction of sp³-hybridized carbons (Fsp3) is 0.545. The summed E-state index contributed by atoms with van der Waals surface area (Å²) in [5.41, 5.74) is 0. The lowest BCUT2D eigenvalue weighted by Crippen LogP contribution is -2.54. The van der Waals surface area contributed by atoms with E-state index < -0.39 is 0 Å². The van der Waals surface area contributed by atoms with Gasteiger partial charge in [-0.15, -0.1) is 0 Å². The third-order valence-electron chi connectivity index (χ3n) is 6.22. The Hall–Kier alpha value is -2.10. The number of carbonyl (C=O) groups excluding carboxylic acids is 2. The molecular weight excluding hydrogens is 326 g/mol. The third kappa shape index (κ3) is 3.42. The molecule has 0 N–H and O–H groups in total. The van der Waals surface area contributed by atoms with Gasteiger partial charge >= 0.3 is 5.97 Å². The summed E-state index contributed by atoms with van der Waals surface area (Å²) in [6, 6.07) is 9.53. The van der Waals surface area contributed by atoms with Crippen molar-refractivity contribution in [3.63, 3.8) is 0 Å². The Morgan fingerprint density at radius 2 is 1.81 bits per heavy atom. The van der Waals surface area contributed by atoms with E-state index in [1.807, 2.05) is 18.2 Å². The van der Waals surface area contributed by atoms with Crippen molar-refractivity contribution in [1.82, 2.24) is 4.90 Å². The van der Waals surface area contributed by atoms with Crippen LogP contribution < -0.4 is 4.74 Å². The molecule has 1 saturated heterocycles. The number of esters is 1. The quantitative estimate of drug-likeness (QED) is 0.469. The van der Waals surface area contributed by atoms with Crippen LogP contribution in [0.3, 0.4) is 0 Å². The highest BCUT2D eigenvalue weighted by Crippen LogP contribution is 2.40. The topological polar surface area (TPSA) is 46.6 Å². The Labute approximate surface area is 155 Å². The number of allylic oxidation sites excluding steroid dienone is 2. The predicted octanol–water partition coefficient (Wildman–Crippen LogP) is 3.97. The van der Waals surface area contributed by atoms with Crippen LogP contribution in [0.4, 0.5) is 0 Å². The minimum atomic E-state index is -0.371. The zero-order valence-electron chi connectivity index (χ0n) is 15.2. The van der Waals surface area contributed by atoms with Gasteiger partial charge in [0.15, 0.2) is 0 Å². The van der Waals surface area contributed by atoms with Gasteiger partial charge in [-0.3, -0.25) is 9.59 Å². The molecule has 4 heteroatoms. The first-order valence-electron chi connectivity index (χ1n) is 9.98. The van der Waals surface area contributed by atoms with Crippen molar-refractivity contribution < 1.29 is 14.3 Å². The summed E-state index contributed by atoms with van der Waals surface area (Å²) < 4.78 is 5.59. The molecule has 3 atom stereocenters. The number of carbonyl (C=O) groups is 2. The SMILES string of the molecule is O=C(Oc1ccccc1)[C@H]1CC=CC2CCN(C3CCCCC3)C(=O)C21. The number of piperidine rings is 1. The number of likely N-dealkylation sites (tertiary alicyclic amines) is 1. The lowest BCUT2D eigenvalue weighted by Gasteiger charge is -2.45. The van der Waals surface area contributed by atoms with Crippen molar-refractivity contribution in [2.75, 3.05) is 6.54 Å². The Balaban J connectivity index is 1.51. The van der Waals surface area contributed by atoms with E-state index in [1.165, 1.54) is 19.3 Å². The summed E-state index contributed by atoms with van der Waals surface area (Å²) in [4.78, 5) is 28.2. The minimum absolute atomic E-state index is 0.171. The lowest BCUT2D eigenvalue weighted by molar-refractivity contribution is -0.155. The van der Waals surface area contributed by atoms with Gasteiger partial charge in [0, 0.05) is 12.6 Å². The standard InChI is InChI=1S/C22H27NO3/c24-21-20-16(14-15-23(21)17-9-3-1-4-10-17)8-7-13-19(20)22(25)26-18-11-5-2-6-12-18/h2,5-8,11-12,16-17,19-20H,1,3-4,9-10,13-15H2/t16?,19-,20?/m0/s1. The number of nitrogens with zero attached hydrogens (tertiary/aromatic N) is 1. The summed E-state index contributed by atoms with van der Waals surface area (Å²) in [5, 5.41) is 0. The van der Waals surface area contributed by atoms with E-state index in [0.717, 1.165) is 25.8 Å². The maximum atomic E-state index is 13.3. The number of hydrogen-bond donors (Lipinski definition) is 0. The first-order chi connectivity index (χ1) is 12.7. The Bertz CT molecular complexity index is 678. The molecule has 1 heterocycles. The van der Waals surface area contributed by atoms with E-state index in [4.69, 9.17) is 4.74 Å². The average molecular weight is 353 g/mol. The van der Waals surface area contributed by atoms with Crippen LogP contribution in [-0.2, 0) is 9.59 Å². The second-order valence-corrected chi connectivity index (χ2v) is 7.81. The summed E-state index contributed by atoms with van der Waals surface area (Å²) in [6.07, 6.45) is 11.7. The molecule has 2 unspecified atom stereocenters. The highest BCUT2D eigenvalue weighted by molar-refractivity contribution is 5.88. The molecule has 2 fully saturated rings. The smallest absolute Gasteiger partial charge is 0.315 e. The van der Waals surface area contributed by atoms with E-state index in [2.05, 4.69) is 17.1 Å². The van der Waals surface area contributed by atoms with Gasteiger partial charge in [0.05, 0.1) is 11.8 Å². The number of hydrogen-bond acceptors (Lipinski definition) is 3. The summed E-state index contributed by atoms with van der Waals surface area (Å²) in [7, 11) is 0. The van der Waals surface area contributed by atoms with E-state index in [-0.39, 0.29) is 29.6 Å². The van der Waals surface area contributed by atoms with Gasteiger partial charge in [-0.2, -0.15) is 0 Å². The number of rotatable bonds is 3. The summed E-state index contributed by atoms with van der Waals surface area (Å²) >= 11 is 0. The molecule has 1 aliphatic heterocycles. The molecule has 3 aliphatic rings. The molecule has 4 rings (SSSR count). The number of benzene rings is 1. The van der Waals surface area contributed by atoms with Crippen molar-refractivity contribution in [3.05, 3.63) is 42.5 Å². The largest absolute Gasteiger partial charge is 0.426 e. The van der Waals surface area contributed by atoms with E-state index in [0.29, 0.717) is 18.2 Å². The molecule has 1 saturated carbocycles. The van der Waals surface area contributed by atoms with Gasteiger partial charge in [-0.1, -0.05) is 49.6 Å². The fourth-order valence-electron chi connectivity index (χ4n) is 4.86. The van der Waals surface area contributed by atoms with Crippen LogP contribution in [0.15, 0.2) is 42.5 Å². The highest BCUT2D eigenvalue weighted by atomic mass is 16.5. The number of ether oxygens (including phenoxy) is 1. The second-order valence-electron chi connectivity index (χ2n) is 7.81. The van der Waals surface area contributed by atoms with Crippen LogP contribution in [0, 0.1) is 17.8 Å². The number of amides is 1. The molecular formula is C22H27NO3. The summed E-state index contributed by atoms with van der Waals surface area (Å²) in [5.74, 6) is -0.00157. The Morgan fingerprint density at radius 1 is 1.04 bits per heavy atom. The van der Waals surface area contributed by atoms with Gasteiger partial charge in [-0.05, 0) is 43.7 Å². The van der Waals surface area contributed by atoms with Crippen molar-refractivity contribution in [2.24, 2.45) is 17.8 Å². The van der Waals surface area contributed by atoms with Gasteiger partial charge in [0.2, 0.25) is 5.91 Å². The van der Waals surface area contributed by atoms with Gasteiger partial charge in [0.25, 0.3) is 0 Å². The van der Waals surface area contributed by atoms with Crippen LogP contribution in [-0.4, -0.2) is 29.4 Å². The molecule has 1 aromatic rings. The van der Waals surface area contributed by atoms with Gasteiger partial charge in [0.1, 0.15) is 5.75 Å². The maximum absolute atomic E-state index is 13.3. The predicted molar refractivity (Wildman–Crippen MR) is 99.5 cm³/mol. The van der Waals surface area contributed by atoms with Crippen LogP contribution in [0.1, 0.15) is 44.9 Å². The molecule has 0 bridgehead atoms. The van der Waals surface area contributed by atoms with Crippen LogP contribution in [0.5, 0.6) is 5.75 Å². The van der Waals surface area contributed by atoms with E-state index >= 15 is 0 Å². The molecule has 0 aromatic heterocycles. The van der Waals surface area contributed by atoms with Crippen molar-refractivity contribution >= 4 is 11.9 Å². The molecule has 4 nitrogen and oxygen atoms in total. The highest BCUT2D eigenvalue weighted by Gasteiger charge is 2.46. The average Bonchev–Trinajstić information content (AvgIpc) is 2.69. The third-order valence-corrected chi connectivity index (χ3v) is 6.22. The fourth-order valence-corrected chi connectivity index (χ4v) is 4.86. The number of para-hydroxylation sites is 1. The van der Waals surface area contributed by atoms with E-state index in [9.17, 15) is 9.59 Å². The van der Waals surface area contributed by atoms with Crippen LogP contribution in [0.25, 0.3) is 0 Å². The zero-order chi connectivity index (χ0) is 17.9. The van der Waals surface area contributed by atoms with Gasteiger partial charge < -0.3 is 9.64 Å². The molecule has 0 radical (unpaired) electrons. The van der Waals surface area contributed by atoms with Gasteiger partial charge in [-0.25, -0.2) is 0 Å². The monoisotopic (exact) mass is 353 g/mol. The van der Waals surface area contributed by atoms with E-state index in [1.54, 1.807) is 12.1 Å². The minimum Gasteiger partial charge on any atom is -0.426 e. The van der Waals surface area contributed by atoms with Crippen LogP contribution >= 0.6 is 0 Å². The Morgan fingerprint density at radius 3 is 2.58 bits per heavy atom. The number of fused-ring (bicyclic) bond motifs is 1. The summed E-state index contributed by atoms with van der Waals surface area (Å²) in [6.45, 7) is 0.829. The van der Waals surface area contributed by atoms with Crippen molar-refractivity contribution in [1.29, 1.82) is 0 Å². The Kier molecular flexibility index (Phi) is 5.09. The maximum Gasteiger partial charge on any atom is 0.315 e. The molecule has 1 aromatic carbocycles. The first kappa shape index (κ1) is 17.3. The normalized spacial score (nSPS) is 29.3. The van der Waals surface area contributed by atoms with Crippen molar-refractivity contribution in [3.8, 4) is 5.75 Å². The molecule has 138 valence electrons. The zero-order valence-corrected chi connectivity index (χ0v) is 15.2. The van der Waals surface area contributed by atoms with Crippen LogP contribution in [0.2, 0.25) is 0 Å². The molecule has 26 heavy (non-hydrogen) atoms. The molecule has 1 amide bonds. The second kappa shape index (κ2) is 7.65. The lowest BCUT2D eigenvalue weighted by atomic mass is 9.71. The molecule has 2 aliphatic carbocycles. The molecule has 0 spiro atoms.